The van der Waals surface area contributed by atoms with Crippen LogP contribution in [0.25, 0.3) is 11.0 Å². The second-order valence-corrected chi connectivity index (χ2v) is 5.18. The molecule has 3 rings (SSSR count). The zero-order valence-corrected chi connectivity index (χ0v) is 12.4. The van der Waals surface area contributed by atoms with Crippen molar-refractivity contribution in [2.75, 3.05) is 5.32 Å². The number of nitrogens with zero attached hydrogens (tertiary/aromatic N) is 3. The number of aliphatic hydroxyl groups is 1. The van der Waals surface area contributed by atoms with Gasteiger partial charge >= 0.3 is 0 Å². The van der Waals surface area contributed by atoms with Crippen LogP contribution in [-0.4, -0.2) is 26.0 Å². The Morgan fingerprint density at radius 3 is 2.86 bits per heavy atom. The van der Waals surface area contributed by atoms with Gasteiger partial charge in [0.2, 0.25) is 0 Å². The van der Waals surface area contributed by atoms with Crippen LogP contribution in [0, 0.1) is 6.92 Å². The third kappa shape index (κ3) is 2.56. The highest BCUT2D eigenvalue weighted by Crippen LogP contribution is 2.19. The predicted octanol–water partition coefficient (Wildman–Crippen LogP) is 2.02. The Balaban J connectivity index is 1.89. The fourth-order valence-corrected chi connectivity index (χ4v) is 2.28. The third-order valence-electron chi connectivity index (χ3n) is 3.61. The fraction of sp³-hybridized carbons (Fsp3) is 0.188. The standard InChI is InChI=1S/C16H16N4O2/c1-10-3-4-11(9-21)7-13(10)17-16(22)12-5-6-15-14(8-12)18-19-20(15)2/h3-8,21H,9H2,1-2H3,(H,17,22). The molecule has 6 nitrogen and oxygen atoms in total. The first kappa shape index (κ1) is 14.2. The lowest BCUT2D eigenvalue weighted by Crippen LogP contribution is -2.13. The zero-order valence-electron chi connectivity index (χ0n) is 12.4. The Bertz CT molecular complexity index is 854. The maximum absolute atomic E-state index is 12.4. The van der Waals surface area contributed by atoms with Gasteiger partial charge in [0.25, 0.3) is 5.91 Å². The van der Waals surface area contributed by atoms with Crippen LogP contribution in [0.15, 0.2) is 36.4 Å². The third-order valence-corrected chi connectivity index (χ3v) is 3.61. The maximum atomic E-state index is 12.4. The fourth-order valence-electron chi connectivity index (χ4n) is 2.28. The number of carbonyl (C=O) groups excluding carboxylic acids is 1. The number of aromatic nitrogens is 3. The van der Waals surface area contributed by atoms with Crippen molar-refractivity contribution in [2.24, 2.45) is 7.05 Å². The highest BCUT2D eigenvalue weighted by molar-refractivity contribution is 6.06. The Morgan fingerprint density at radius 2 is 2.09 bits per heavy atom. The molecule has 22 heavy (non-hydrogen) atoms. The topological polar surface area (TPSA) is 80.0 Å². The summed E-state index contributed by atoms with van der Waals surface area (Å²) < 4.78 is 1.66. The van der Waals surface area contributed by atoms with Crippen LogP contribution >= 0.6 is 0 Å². The highest BCUT2D eigenvalue weighted by Gasteiger charge is 2.11. The molecule has 0 fully saturated rings. The summed E-state index contributed by atoms with van der Waals surface area (Å²) in [4.78, 5) is 12.4. The first-order valence-corrected chi connectivity index (χ1v) is 6.89. The summed E-state index contributed by atoms with van der Waals surface area (Å²) in [5.41, 5.74) is 4.44. The van der Waals surface area contributed by atoms with Gasteiger partial charge in [0.05, 0.1) is 12.1 Å². The number of aryl methyl sites for hydroxylation is 2. The van der Waals surface area contributed by atoms with E-state index in [1.807, 2.05) is 25.1 Å². The minimum Gasteiger partial charge on any atom is -0.392 e. The summed E-state index contributed by atoms with van der Waals surface area (Å²) in [6, 6.07) is 10.7. The van der Waals surface area contributed by atoms with Crippen molar-refractivity contribution in [3.8, 4) is 0 Å². The molecule has 0 aliphatic carbocycles. The molecule has 1 amide bonds. The van der Waals surface area contributed by atoms with Crippen LogP contribution in [0.3, 0.4) is 0 Å². The van der Waals surface area contributed by atoms with Crippen LogP contribution in [0.4, 0.5) is 5.69 Å². The molecular formula is C16H16N4O2. The molecule has 0 spiro atoms. The molecule has 3 aromatic rings. The van der Waals surface area contributed by atoms with E-state index >= 15 is 0 Å². The van der Waals surface area contributed by atoms with E-state index in [1.165, 1.54) is 0 Å². The number of rotatable bonds is 3. The Hall–Kier alpha value is -2.73. The van der Waals surface area contributed by atoms with Crippen LogP contribution in [0.5, 0.6) is 0 Å². The van der Waals surface area contributed by atoms with E-state index in [-0.39, 0.29) is 12.5 Å². The number of hydrogen-bond donors (Lipinski definition) is 2. The van der Waals surface area contributed by atoms with Gasteiger partial charge in [-0.15, -0.1) is 5.10 Å². The average Bonchev–Trinajstić information content (AvgIpc) is 2.90. The second-order valence-electron chi connectivity index (χ2n) is 5.18. The second kappa shape index (κ2) is 5.57. The summed E-state index contributed by atoms with van der Waals surface area (Å²) in [6.45, 7) is 1.84. The lowest BCUT2D eigenvalue weighted by molar-refractivity contribution is 0.102. The number of aliphatic hydroxyl groups excluding tert-OH is 1. The van der Waals surface area contributed by atoms with E-state index < -0.39 is 0 Å². The molecule has 1 heterocycles. The van der Waals surface area contributed by atoms with E-state index in [0.717, 1.165) is 16.6 Å². The number of anilines is 1. The van der Waals surface area contributed by atoms with Crippen molar-refractivity contribution in [2.45, 2.75) is 13.5 Å². The highest BCUT2D eigenvalue weighted by atomic mass is 16.3. The van der Waals surface area contributed by atoms with E-state index in [0.29, 0.717) is 16.8 Å². The molecule has 0 aliphatic rings. The number of carbonyl (C=O) groups is 1. The van der Waals surface area contributed by atoms with E-state index in [1.54, 1.807) is 29.9 Å². The quantitative estimate of drug-likeness (QED) is 0.775. The normalized spacial score (nSPS) is 10.9. The lowest BCUT2D eigenvalue weighted by atomic mass is 10.1. The minimum atomic E-state index is -0.217. The molecule has 1 aromatic heterocycles. The zero-order chi connectivity index (χ0) is 15.7. The van der Waals surface area contributed by atoms with Crippen LogP contribution in [-0.2, 0) is 13.7 Å². The molecule has 112 valence electrons. The van der Waals surface area contributed by atoms with Crippen molar-refractivity contribution in [3.05, 3.63) is 53.1 Å². The average molecular weight is 296 g/mol. The van der Waals surface area contributed by atoms with Crippen molar-refractivity contribution in [1.82, 2.24) is 15.0 Å². The first-order valence-electron chi connectivity index (χ1n) is 6.89. The lowest BCUT2D eigenvalue weighted by Gasteiger charge is -2.10. The van der Waals surface area contributed by atoms with Gasteiger partial charge in [-0.05, 0) is 42.3 Å². The van der Waals surface area contributed by atoms with Gasteiger partial charge in [-0.1, -0.05) is 17.3 Å². The number of amides is 1. The Kier molecular flexibility index (Phi) is 3.60. The summed E-state index contributed by atoms with van der Waals surface area (Å²) in [5.74, 6) is -0.217. The largest absolute Gasteiger partial charge is 0.392 e. The number of nitrogens with one attached hydrogen (secondary N) is 1. The number of fused-ring (bicyclic) bond motifs is 1. The van der Waals surface area contributed by atoms with E-state index in [4.69, 9.17) is 0 Å². The van der Waals surface area contributed by atoms with Gasteiger partial charge in [0, 0.05) is 18.3 Å². The van der Waals surface area contributed by atoms with E-state index in [9.17, 15) is 9.90 Å². The Labute approximate surface area is 127 Å². The molecule has 2 aromatic carbocycles. The smallest absolute Gasteiger partial charge is 0.255 e. The van der Waals surface area contributed by atoms with Crippen molar-refractivity contribution in [1.29, 1.82) is 0 Å². The molecule has 0 aliphatic heterocycles. The maximum Gasteiger partial charge on any atom is 0.255 e. The van der Waals surface area contributed by atoms with Gasteiger partial charge in [0.1, 0.15) is 5.52 Å². The number of benzene rings is 2. The molecule has 0 saturated heterocycles. The molecule has 0 saturated carbocycles. The molecule has 6 heteroatoms. The van der Waals surface area contributed by atoms with Crippen molar-refractivity contribution < 1.29 is 9.90 Å². The SMILES string of the molecule is Cc1ccc(CO)cc1NC(=O)c1ccc2c(c1)nnn2C. The van der Waals surface area contributed by atoms with Gasteiger partial charge < -0.3 is 10.4 Å². The van der Waals surface area contributed by atoms with Crippen molar-refractivity contribution >= 4 is 22.6 Å². The summed E-state index contributed by atoms with van der Waals surface area (Å²) in [5, 5.41) is 20.0. The summed E-state index contributed by atoms with van der Waals surface area (Å²) in [6.07, 6.45) is 0. The van der Waals surface area contributed by atoms with Gasteiger partial charge in [-0.2, -0.15) is 0 Å². The van der Waals surface area contributed by atoms with Crippen LogP contribution < -0.4 is 5.32 Å². The van der Waals surface area contributed by atoms with Gasteiger partial charge in [0.15, 0.2) is 0 Å². The Morgan fingerprint density at radius 1 is 1.27 bits per heavy atom. The molecule has 0 radical (unpaired) electrons. The van der Waals surface area contributed by atoms with Gasteiger partial charge in [-0.3, -0.25) is 4.79 Å². The summed E-state index contributed by atoms with van der Waals surface area (Å²) >= 11 is 0. The van der Waals surface area contributed by atoms with Crippen LogP contribution in [0.1, 0.15) is 21.5 Å². The van der Waals surface area contributed by atoms with Crippen LogP contribution in [0.2, 0.25) is 0 Å². The van der Waals surface area contributed by atoms with Gasteiger partial charge in [-0.25, -0.2) is 4.68 Å². The number of hydrogen-bond acceptors (Lipinski definition) is 4. The first-order chi connectivity index (χ1) is 10.6. The molecule has 0 bridgehead atoms. The van der Waals surface area contributed by atoms with E-state index in [2.05, 4.69) is 15.6 Å². The van der Waals surface area contributed by atoms with Crippen molar-refractivity contribution in [3.63, 3.8) is 0 Å². The predicted molar refractivity (Wildman–Crippen MR) is 83.6 cm³/mol. The molecule has 2 N–H and O–H groups in total. The minimum absolute atomic E-state index is 0.0608. The monoisotopic (exact) mass is 296 g/mol. The molecular weight excluding hydrogens is 280 g/mol. The summed E-state index contributed by atoms with van der Waals surface area (Å²) in [7, 11) is 1.80. The molecule has 0 unspecified atom stereocenters. The molecule has 0 atom stereocenters.